The number of likely N-dealkylation sites (tertiary alicyclic amines) is 1. The van der Waals surface area contributed by atoms with E-state index in [1.807, 2.05) is 13.8 Å². The van der Waals surface area contributed by atoms with E-state index in [1.165, 1.54) is 0 Å². The van der Waals surface area contributed by atoms with E-state index >= 15 is 0 Å². The molecule has 0 aromatic heterocycles. The molecule has 0 unspecified atom stereocenters. The van der Waals surface area contributed by atoms with E-state index in [9.17, 15) is 9.90 Å². The van der Waals surface area contributed by atoms with Gasteiger partial charge in [-0.15, -0.1) is 0 Å². The van der Waals surface area contributed by atoms with Crippen LogP contribution in [-0.2, 0) is 4.79 Å². The Balaban J connectivity index is 2.10. The van der Waals surface area contributed by atoms with Crippen molar-refractivity contribution in [3.05, 3.63) is 0 Å². The van der Waals surface area contributed by atoms with Gasteiger partial charge in [0, 0.05) is 12.8 Å². The summed E-state index contributed by atoms with van der Waals surface area (Å²) in [5.41, 5.74) is 0. The van der Waals surface area contributed by atoms with E-state index in [0.29, 0.717) is 18.1 Å². The molecule has 1 fully saturated rings. The molecule has 1 heterocycles. The molecule has 0 aromatic carbocycles. The van der Waals surface area contributed by atoms with Crippen molar-refractivity contribution in [2.75, 3.05) is 19.6 Å². The molecule has 94 valence electrons. The van der Waals surface area contributed by atoms with Crippen molar-refractivity contribution in [1.29, 1.82) is 0 Å². The van der Waals surface area contributed by atoms with Gasteiger partial charge >= 0.3 is 0 Å². The van der Waals surface area contributed by atoms with Gasteiger partial charge < -0.3 is 10.0 Å². The van der Waals surface area contributed by atoms with Crippen molar-refractivity contribution in [2.45, 2.75) is 52.1 Å². The first-order chi connectivity index (χ1) is 7.63. The maximum Gasteiger partial charge on any atom is 0.132 e. The summed E-state index contributed by atoms with van der Waals surface area (Å²) in [4.78, 5) is 13.6. The second kappa shape index (κ2) is 7.02. The van der Waals surface area contributed by atoms with E-state index in [0.717, 1.165) is 45.3 Å². The van der Waals surface area contributed by atoms with Gasteiger partial charge in [0.05, 0.1) is 6.10 Å². The van der Waals surface area contributed by atoms with Gasteiger partial charge in [0.15, 0.2) is 0 Å². The molecule has 16 heavy (non-hydrogen) atoms. The number of nitrogens with zero attached hydrogens (tertiary/aromatic N) is 1. The highest BCUT2D eigenvalue weighted by Crippen LogP contribution is 2.20. The van der Waals surface area contributed by atoms with Crippen molar-refractivity contribution < 1.29 is 9.90 Å². The fourth-order valence-electron chi connectivity index (χ4n) is 2.34. The normalized spacial score (nSPS) is 20.9. The maximum atomic E-state index is 11.1. The minimum absolute atomic E-state index is 0.163. The largest absolute Gasteiger partial charge is 0.393 e. The average molecular weight is 227 g/mol. The first-order valence-corrected chi connectivity index (χ1v) is 6.55. The zero-order valence-electron chi connectivity index (χ0n) is 10.6. The molecule has 1 atom stereocenters. The third-order valence-electron chi connectivity index (χ3n) is 3.64. The van der Waals surface area contributed by atoms with Crippen LogP contribution in [0.1, 0.15) is 46.0 Å². The van der Waals surface area contributed by atoms with Crippen LogP contribution in [0.25, 0.3) is 0 Å². The standard InChI is InChI=1S/C13H25NO2/c1-3-13(16)5-4-8-14-9-6-12(7-10-14)11(2)15/h11-12,15H,3-10H2,1-2H3/t11-/m0/s1. The third-order valence-corrected chi connectivity index (χ3v) is 3.64. The van der Waals surface area contributed by atoms with Crippen molar-refractivity contribution in [3.63, 3.8) is 0 Å². The highest BCUT2D eigenvalue weighted by Gasteiger charge is 2.22. The number of aliphatic hydroxyl groups excluding tert-OH is 1. The lowest BCUT2D eigenvalue weighted by atomic mass is 9.92. The average Bonchev–Trinajstić information content (AvgIpc) is 2.29. The van der Waals surface area contributed by atoms with Crippen LogP contribution < -0.4 is 0 Å². The summed E-state index contributed by atoms with van der Waals surface area (Å²) in [5.74, 6) is 0.854. The Bertz CT molecular complexity index is 208. The van der Waals surface area contributed by atoms with Crippen LogP contribution in [-0.4, -0.2) is 41.5 Å². The Kier molecular flexibility index (Phi) is 5.99. The summed E-state index contributed by atoms with van der Waals surface area (Å²) in [6, 6.07) is 0. The number of ketones is 1. The predicted octanol–water partition coefficient (Wildman–Crippen LogP) is 1.84. The van der Waals surface area contributed by atoms with Crippen molar-refractivity contribution >= 4 is 5.78 Å². The summed E-state index contributed by atoms with van der Waals surface area (Å²) in [5, 5.41) is 9.48. The fourth-order valence-corrected chi connectivity index (χ4v) is 2.34. The molecular formula is C13H25NO2. The van der Waals surface area contributed by atoms with Gasteiger partial charge in [-0.2, -0.15) is 0 Å². The van der Waals surface area contributed by atoms with E-state index in [-0.39, 0.29) is 6.10 Å². The monoisotopic (exact) mass is 227 g/mol. The number of aliphatic hydroxyl groups is 1. The summed E-state index contributed by atoms with van der Waals surface area (Å²) in [6.07, 6.45) is 4.42. The van der Waals surface area contributed by atoms with Crippen LogP contribution in [0.2, 0.25) is 0 Å². The number of hydrogen-bond acceptors (Lipinski definition) is 3. The fraction of sp³-hybridized carbons (Fsp3) is 0.923. The molecule has 1 N–H and O–H groups in total. The molecule has 0 amide bonds. The molecule has 0 radical (unpaired) electrons. The summed E-state index contributed by atoms with van der Waals surface area (Å²) in [7, 11) is 0. The molecule has 0 saturated carbocycles. The first-order valence-electron chi connectivity index (χ1n) is 6.55. The minimum Gasteiger partial charge on any atom is -0.393 e. The molecule has 0 aromatic rings. The van der Waals surface area contributed by atoms with Crippen LogP contribution in [0.5, 0.6) is 0 Å². The third kappa shape index (κ3) is 4.62. The Hall–Kier alpha value is -0.410. The lowest BCUT2D eigenvalue weighted by Gasteiger charge is -2.33. The number of piperidine rings is 1. The molecule has 0 bridgehead atoms. The van der Waals surface area contributed by atoms with Gasteiger partial charge in [-0.05, 0) is 51.7 Å². The van der Waals surface area contributed by atoms with Gasteiger partial charge in [-0.25, -0.2) is 0 Å². The summed E-state index contributed by atoms with van der Waals surface area (Å²) >= 11 is 0. The van der Waals surface area contributed by atoms with Crippen LogP contribution in [0.4, 0.5) is 0 Å². The van der Waals surface area contributed by atoms with E-state index < -0.39 is 0 Å². The molecule has 1 rings (SSSR count). The van der Waals surface area contributed by atoms with E-state index in [4.69, 9.17) is 0 Å². The molecular weight excluding hydrogens is 202 g/mol. The summed E-state index contributed by atoms with van der Waals surface area (Å²) < 4.78 is 0. The lowest BCUT2D eigenvalue weighted by Crippen LogP contribution is -2.37. The second-order valence-electron chi connectivity index (χ2n) is 4.92. The van der Waals surface area contributed by atoms with Gasteiger partial charge in [0.25, 0.3) is 0 Å². The summed E-state index contributed by atoms with van der Waals surface area (Å²) in [6.45, 7) is 7.01. The minimum atomic E-state index is -0.163. The van der Waals surface area contributed by atoms with Gasteiger partial charge in [-0.3, -0.25) is 4.79 Å². The van der Waals surface area contributed by atoms with Gasteiger partial charge in [0.2, 0.25) is 0 Å². The van der Waals surface area contributed by atoms with Gasteiger partial charge in [0.1, 0.15) is 5.78 Å². The highest BCUT2D eigenvalue weighted by atomic mass is 16.3. The number of carbonyl (C=O) groups is 1. The van der Waals surface area contributed by atoms with Crippen molar-refractivity contribution in [2.24, 2.45) is 5.92 Å². The van der Waals surface area contributed by atoms with Gasteiger partial charge in [-0.1, -0.05) is 6.92 Å². The number of hydrogen-bond donors (Lipinski definition) is 1. The maximum absolute atomic E-state index is 11.1. The molecule has 0 spiro atoms. The predicted molar refractivity (Wildman–Crippen MR) is 65.4 cm³/mol. The molecule has 3 nitrogen and oxygen atoms in total. The van der Waals surface area contributed by atoms with Crippen LogP contribution >= 0.6 is 0 Å². The van der Waals surface area contributed by atoms with E-state index in [2.05, 4.69) is 4.90 Å². The topological polar surface area (TPSA) is 40.5 Å². The lowest BCUT2D eigenvalue weighted by molar-refractivity contribution is -0.118. The number of rotatable bonds is 6. The van der Waals surface area contributed by atoms with Crippen LogP contribution in [0.3, 0.4) is 0 Å². The number of Topliss-reactive ketones (excluding diaryl/α,β-unsaturated/α-hetero) is 1. The Morgan fingerprint density at radius 2 is 2.06 bits per heavy atom. The Morgan fingerprint density at radius 1 is 1.44 bits per heavy atom. The molecule has 1 aliphatic heterocycles. The van der Waals surface area contributed by atoms with Crippen molar-refractivity contribution in [1.82, 2.24) is 4.90 Å². The molecule has 0 aliphatic carbocycles. The molecule has 3 heteroatoms. The highest BCUT2D eigenvalue weighted by molar-refractivity contribution is 5.77. The van der Waals surface area contributed by atoms with Crippen molar-refractivity contribution in [3.8, 4) is 0 Å². The van der Waals surface area contributed by atoms with Crippen LogP contribution in [0.15, 0.2) is 0 Å². The van der Waals surface area contributed by atoms with E-state index in [1.54, 1.807) is 0 Å². The molecule has 1 saturated heterocycles. The zero-order valence-corrected chi connectivity index (χ0v) is 10.6. The Morgan fingerprint density at radius 3 is 2.56 bits per heavy atom. The molecule has 1 aliphatic rings. The number of carbonyl (C=O) groups excluding carboxylic acids is 1. The van der Waals surface area contributed by atoms with Crippen LogP contribution in [0, 0.1) is 5.92 Å². The quantitative estimate of drug-likeness (QED) is 0.752. The zero-order chi connectivity index (χ0) is 12.0. The second-order valence-corrected chi connectivity index (χ2v) is 4.92. The SMILES string of the molecule is CCC(=O)CCCN1CCC([C@H](C)O)CC1. The smallest absolute Gasteiger partial charge is 0.132 e. The Labute approximate surface area is 98.8 Å². The first kappa shape index (κ1) is 13.7.